The highest BCUT2D eigenvalue weighted by atomic mass is 32.2. The number of rotatable bonds is 6. The van der Waals surface area contributed by atoms with Gasteiger partial charge in [-0.3, -0.25) is 4.79 Å². The Bertz CT molecular complexity index is 490. The molecule has 3 N–H and O–H groups in total. The Morgan fingerprint density at radius 3 is 2.57 bits per heavy atom. The Hall–Kier alpha value is -1.37. The number of nitrogens with two attached hydrogens (primary N) is 1. The topological polar surface area (TPSA) is 55.1 Å². The SMILES string of the molecule is CC(C)CCNC(=O)CSc1ccc(C(F)(F)F)cc1N. The molecule has 0 saturated heterocycles. The first-order valence-corrected chi connectivity index (χ1v) is 7.55. The lowest BCUT2D eigenvalue weighted by Crippen LogP contribution is -2.26. The summed E-state index contributed by atoms with van der Waals surface area (Å²) in [6.07, 6.45) is -3.52. The van der Waals surface area contributed by atoms with Crippen LogP contribution in [0.1, 0.15) is 25.8 Å². The number of halogens is 3. The first kappa shape index (κ1) is 17.7. The Morgan fingerprint density at radius 1 is 1.38 bits per heavy atom. The monoisotopic (exact) mass is 320 g/mol. The van der Waals surface area contributed by atoms with E-state index in [9.17, 15) is 18.0 Å². The maximum absolute atomic E-state index is 12.5. The zero-order valence-corrected chi connectivity index (χ0v) is 12.8. The molecule has 0 radical (unpaired) electrons. The fraction of sp³-hybridized carbons (Fsp3) is 0.500. The van der Waals surface area contributed by atoms with Crippen LogP contribution in [0.5, 0.6) is 0 Å². The minimum atomic E-state index is -4.41. The molecule has 21 heavy (non-hydrogen) atoms. The molecule has 0 atom stereocenters. The summed E-state index contributed by atoms with van der Waals surface area (Å²) in [6.45, 7) is 4.72. The van der Waals surface area contributed by atoms with Gasteiger partial charge >= 0.3 is 6.18 Å². The van der Waals surface area contributed by atoms with Crippen LogP contribution in [-0.2, 0) is 11.0 Å². The number of amides is 1. The number of anilines is 1. The minimum Gasteiger partial charge on any atom is -0.398 e. The lowest BCUT2D eigenvalue weighted by molar-refractivity contribution is -0.137. The normalized spacial score (nSPS) is 11.7. The highest BCUT2D eigenvalue weighted by Crippen LogP contribution is 2.34. The van der Waals surface area contributed by atoms with E-state index >= 15 is 0 Å². The summed E-state index contributed by atoms with van der Waals surface area (Å²) in [5.74, 6) is 0.483. The van der Waals surface area contributed by atoms with E-state index in [1.165, 1.54) is 6.07 Å². The molecule has 1 aromatic rings. The number of hydrogen-bond acceptors (Lipinski definition) is 3. The number of nitrogen functional groups attached to an aromatic ring is 1. The van der Waals surface area contributed by atoms with E-state index in [1.54, 1.807) is 0 Å². The van der Waals surface area contributed by atoms with Gasteiger partial charge in [-0.25, -0.2) is 0 Å². The van der Waals surface area contributed by atoms with Crippen LogP contribution in [0.15, 0.2) is 23.1 Å². The van der Waals surface area contributed by atoms with Crippen LogP contribution in [0.3, 0.4) is 0 Å². The van der Waals surface area contributed by atoms with Gasteiger partial charge in [0.05, 0.1) is 11.3 Å². The van der Waals surface area contributed by atoms with Gasteiger partial charge in [0.25, 0.3) is 0 Å². The first-order valence-electron chi connectivity index (χ1n) is 6.56. The molecule has 0 aliphatic carbocycles. The van der Waals surface area contributed by atoms with Crippen molar-refractivity contribution in [2.45, 2.75) is 31.3 Å². The highest BCUT2D eigenvalue weighted by Gasteiger charge is 2.30. The van der Waals surface area contributed by atoms with E-state index in [-0.39, 0.29) is 17.3 Å². The second kappa shape index (κ2) is 7.59. The standard InChI is InChI=1S/C14H19F3N2OS/c1-9(2)5-6-19-13(20)8-21-12-4-3-10(7-11(12)18)14(15,16)17/h3-4,7,9H,5-6,8,18H2,1-2H3,(H,19,20). The molecule has 0 unspecified atom stereocenters. The van der Waals surface area contributed by atoms with Crippen LogP contribution in [0, 0.1) is 5.92 Å². The third-order valence-electron chi connectivity index (χ3n) is 2.74. The zero-order chi connectivity index (χ0) is 16.0. The summed E-state index contributed by atoms with van der Waals surface area (Å²) in [7, 11) is 0. The summed E-state index contributed by atoms with van der Waals surface area (Å²) in [5, 5.41) is 2.76. The molecular weight excluding hydrogens is 301 g/mol. The Balaban J connectivity index is 2.51. The van der Waals surface area contributed by atoms with E-state index < -0.39 is 11.7 Å². The van der Waals surface area contributed by atoms with Crippen molar-refractivity contribution in [2.24, 2.45) is 5.92 Å². The summed E-state index contributed by atoms with van der Waals surface area (Å²) in [6, 6.07) is 3.15. The second-order valence-electron chi connectivity index (χ2n) is 5.07. The van der Waals surface area contributed by atoms with Crippen LogP contribution in [0.25, 0.3) is 0 Å². The molecule has 0 spiro atoms. The third-order valence-corrected chi connectivity index (χ3v) is 3.83. The van der Waals surface area contributed by atoms with Crippen molar-refractivity contribution in [3.63, 3.8) is 0 Å². The van der Waals surface area contributed by atoms with Gasteiger partial charge < -0.3 is 11.1 Å². The Labute approximate surface area is 126 Å². The van der Waals surface area contributed by atoms with E-state index in [0.717, 1.165) is 30.3 Å². The predicted molar refractivity (Wildman–Crippen MR) is 79.0 cm³/mol. The smallest absolute Gasteiger partial charge is 0.398 e. The molecule has 0 aromatic heterocycles. The molecule has 118 valence electrons. The van der Waals surface area contributed by atoms with Gasteiger partial charge in [-0.15, -0.1) is 11.8 Å². The van der Waals surface area contributed by atoms with Crippen molar-refractivity contribution in [3.05, 3.63) is 23.8 Å². The number of carbonyl (C=O) groups is 1. The van der Waals surface area contributed by atoms with Crippen molar-refractivity contribution in [2.75, 3.05) is 18.0 Å². The number of hydrogen-bond donors (Lipinski definition) is 2. The molecule has 3 nitrogen and oxygen atoms in total. The minimum absolute atomic E-state index is 0.0322. The average Bonchev–Trinajstić information content (AvgIpc) is 2.35. The van der Waals surface area contributed by atoms with Gasteiger partial charge in [0.1, 0.15) is 0 Å². The maximum atomic E-state index is 12.5. The fourth-order valence-corrected chi connectivity index (χ4v) is 2.33. The van der Waals surface area contributed by atoms with Crippen LogP contribution >= 0.6 is 11.8 Å². The molecule has 0 aliphatic rings. The van der Waals surface area contributed by atoms with Crippen LogP contribution < -0.4 is 11.1 Å². The summed E-state index contributed by atoms with van der Waals surface area (Å²) in [5.41, 5.74) is 4.84. The third kappa shape index (κ3) is 6.29. The number of nitrogens with one attached hydrogen (secondary N) is 1. The highest BCUT2D eigenvalue weighted by molar-refractivity contribution is 8.00. The van der Waals surface area contributed by atoms with Crippen molar-refractivity contribution in [1.29, 1.82) is 0 Å². The Kier molecular flexibility index (Phi) is 6.39. The van der Waals surface area contributed by atoms with Gasteiger partial charge in [0.2, 0.25) is 5.91 Å². The molecule has 0 saturated carbocycles. The van der Waals surface area contributed by atoms with Gasteiger partial charge in [0, 0.05) is 17.1 Å². The lowest BCUT2D eigenvalue weighted by Gasteiger charge is -2.11. The van der Waals surface area contributed by atoms with E-state index in [1.807, 2.05) is 0 Å². The predicted octanol–water partition coefficient (Wildman–Crippen LogP) is 3.54. The Morgan fingerprint density at radius 2 is 2.05 bits per heavy atom. The van der Waals surface area contributed by atoms with Crippen molar-refractivity contribution in [3.8, 4) is 0 Å². The summed E-state index contributed by atoms with van der Waals surface area (Å²) < 4.78 is 37.5. The van der Waals surface area contributed by atoms with Gasteiger partial charge in [-0.2, -0.15) is 13.2 Å². The molecule has 0 aliphatic heterocycles. The molecule has 1 rings (SSSR count). The first-order chi connectivity index (χ1) is 9.70. The summed E-state index contributed by atoms with van der Waals surface area (Å²) >= 11 is 1.13. The van der Waals surface area contributed by atoms with Crippen molar-refractivity contribution >= 4 is 23.4 Å². The second-order valence-corrected chi connectivity index (χ2v) is 6.09. The molecular formula is C14H19F3N2OS. The number of carbonyl (C=O) groups excluding carboxylic acids is 1. The molecule has 7 heteroatoms. The number of thioether (sulfide) groups is 1. The van der Waals surface area contributed by atoms with Gasteiger partial charge in [-0.1, -0.05) is 13.8 Å². The molecule has 1 aromatic carbocycles. The van der Waals surface area contributed by atoms with Crippen LogP contribution in [0.2, 0.25) is 0 Å². The molecule has 0 fully saturated rings. The van der Waals surface area contributed by atoms with Crippen molar-refractivity contribution < 1.29 is 18.0 Å². The quantitative estimate of drug-likeness (QED) is 0.622. The maximum Gasteiger partial charge on any atom is 0.416 e. The fourth-order valence-electron chi connectivity index (χ4n) is 1.55. The zero-order valence-electron chi connectivity index (χ0n) is 12.0. The van der Waals surface area contributed by atoms with Crippen molar-refractivity contribution in [1.82, 2.24) is 5.32 Å². The molecule has 0 bridgehead atoms. The van der Waals surface area contributed by atoms with Gasteiger partial charge in [-0.05, 0) is 30.5 Å². The number of alkyl halides is 3. The number of benzene rings is 1. The van der Waals surface area contributed by atoms with E-state index in [0.29, 0.717) is 17.4 Å². The van der Waals surface area contributed by atoms with E-state index in [2.05, 4.69) is 19.2 Å². The van der Waals surface area contributed by atoms with E-state index in [4.69, 9.17) is 5.73 Å². The van der Waals surface area contributed by atoms with Crippen LogP contribution in [-0.4, -0.2) is 18.2 Å². The largest absolute Gasteiger partial charge is 0.416 e. The molecule has 0 heterocycles. The molecule has 1 amide bonds. The summed E-state index contributed by atoms with van der Waals surface area (Å²) in [4.78, 5) is 12.1. The lowest BCUT2D eigenvalue weighted by atomic mass is 10.1. The van der Waals surface area contributed by atoms with Crippen LogP contribution in [0.4, 0.5) is 18.9 Å². The average molecular weight is 320 g/mol. The van der Waals surface area contributed by atoms with Gasteiger partial charge in [0.15, 0.2) is 0 Å².